The molecule has 0 atom stereocenters. The summed E-state index contributed by atoms with van der Waals surface area (Å²) in [5, 5.41) is 5.65. The van der Waals surface area contributed by atoms with Gasteiger partial charge >= 0.3 is 6.03 Å². The van der Waals surface area contributed by atoms with E-state index in [-0.39, 0.29) is 11.8 Å². The fraction of sp³-hybridized carbons (Fsp3) is 0.0690. The smallest absolute Gasteiger partial charge is 0.319 e. The molecule has 0 spiro atoms. The molecule has 0 saturated carbocycles. The zero-order valence-electron chi connectivity index (χ0n) is 19.3. The standard InChI is InChI=1S/C29H23FN4O2/c30-25-10-7-20(8-11-25)6-9-23-18-26(34-29(36)33-16-14-21-3-2-15-32-19-21)12-13-27(23)22-4-1-5-24(17-22)28(31)35/h1-5,7-8,10-13,15,17-19H,14,16H2,(H2,31,35)(H2,33,34,36). The van der Waals surface area contributed by atoms with E-state index in [1.165, 1.54) is 12.1 Å². The van der Waals surface area contributed by atoms with Crippen molar-refractivity contribution in [2.45, 2.75) is 6.42 Å². The van der Waals surface area contributed by atoms with Crippen molar-refractivity contribution in [3.63, 3.8) is 0 Å². The minimum atomic E-state index is -0.531. The van der Waals surface area contributed by atoms with Gasteiger partial charge in [0.1, 0.15) is 5.82 Å². The molecule has 0 radical (unpaired) electrons. The Morgan fingerprint density at radius 2 is 1.78 bits per heavy atom. The Kier molecular flexibility index (Phi) is 7.69. The third-order valence-electron chi connectivity index (χ3n) is 5.34. The van der Waals surface area contributed by atoms with E-state index in [9.17, 15) is 14.0 Å². The predicted molar refractivity (Wildman–Crippen MR) is 138 cm³/mol. The largest absolute Gasteiger partial charge is 0.366 e. The van der Waals surface area contributed by atoms with E-state index in [0.29, 0.717) is 35.3 Å². The van der Waals surface area contributed by atoms with Gasteiger partial charge in [-0.2, -0.15) is 0 Å². The van der Waals surface area contributed by atoms with Crippen LogP contribution in [0.1, 0.15) is 27.0 Å². The topological polar surface area (TPSA) is 97.1 Å². The monoisotopic (exact) mass is 478 g/mol. The van der Waals surface area contributed by atoms with Crippen molar-refractivity contribution in [2.75, 3.05) is 11.9 Å². The summed E-state index contributed by atoms with van der Waals surface area (Å²) < 4.78 is 13.3. The molecule has 1 heterocycles. The number of carbonyl (C=O) groups is 2. The summed E-state index contributed by atoms with van der Waals surface area (Å²) in [6.07, 6.45) is 4.12. The van der Waals surface area contributed by atoms with Crippen LogP contribution in [0.15, 0.2) is 91.3 Å². The molecule has 6 nitrogen and oxygen atoms in total. The van der Waals surface area contributed by atoms with E-state index in [4.69, 9.17) is 5.73 Å². The number of pyridine rings is 1. The van der Waals surface area contributed by atoms with Gasteiger partial charge in [-0.1, -0.05) is 36.1 Å². The maximum Gasteiger partial charge on any atom is 0.319 e. The fourth-order valence-electron chi connectivity index (χ4n) is 3.53. The molecule has 0 saturated heterocycles. The molecule has 4 N–H and O–H groups in total. The van der Waals surface area contributed by atoms with Gasteiger partial charge in [-0.15, -0.1) is 0 Å². The van der Waals surface area contributed by atoms with Gasteiger partial charge in [0.15, 0.2) is 0 Å². The van der Waals surface area contributed by atoms with Crippen molar-refractivity contribution >= 4 is 17.6 Å². The van der Waals surface area contributed by atoms with E-state index in [1.807, 2.05) is 24.3 Å². The number of nitrogens with one attached hydrogen (secondary N) is 2. The second-order valence-electron chi connectivity index (χ2n) is 7.95. The van der Waals surface area contributed by atoms with Gasteiger partial charge < -0.3 is 16.4 Å². The van der Waals surface area contributed by atoms with Crippen LogP contribution in [0.3, 0.4) is 0 Å². The third kappa shape index (κ3) is 6.55. The van der Waals surface area contributed by atoms with E-state index in [0.717, 1.165) is 16.7 Å². The molecule has 7 heteroatoms. The molecule has 0 aliphatic rings. The zero-order chi connectivity index (χ0) is 25.3. The first-order chi connectivity index (χ1) is 17.5. The average molecular weight is 479 g/mol. The number of halogens is 1. The summed E-state index contributed by atoms with van der Waals surface area (Å²) in [5.74, 6) is 5.26. The van der Waals surface area contributed by atoms with Crippen LogP contribution in [0, 0.1) is 17.7 Å². The molecular formula is C29H23FN4O2. The van der Waals surface area contributed by atoms with Crippen LogP contribution in [0.25, 0.3) is 11.1 Å². The molecule has 1 aromatic heterocycles. The lowest BCUT2D eigenvalue weighted by Crippen LogP contribution is -2.30. The highest BCUT2D eigenvalue weighted by Crippen LogP contribution is 2.27. The summed E-state index contributed by atoms with van der Waals surface area (Å²) in [5.41, 5.74) is 10.2. The van der Waals surface area contributed by atoms with Crippen LogP contribution in [-0.2, 0) is 6.42 Å². The maximum atomic E-state index is 13.3. The van der Waals surface area contributed by atoms with Gasteiger partial charge in [-0.25, -0.2) is 9.18 Å². The summed E-state index contributed by atoms with van der Waals surface area (Å²) in [4.78, 5) is 28.2. The van der Waals surface area contributed by atoms with Crippen LogP contribution in [0.4, 0.5) is 14.9 Å². The molecule has 0 unspecified atom stereocenters. The van der Waals surface area contributed by atoms with Gasteiger partial charge in [0.2, 0.25) is 5.91 Å². The Balaban J connectivity index is 1.57. The Hall–Kier alpha value is -4.96. The zero-order valence-corrected chi connectivity index (χ0v) is 19.3. The van der Waals surface area contributed by atoms with Crippen LogP contribution >= 0.6 is 0 Å². The number of urea groups is 1. The SMILES string of the molecule is NC(=O)c1cccc(-c2ccc(NC(=O)NCCc3cccnc3)cc2C#Cc2ccc(F)cc2)c1. The van der Waals surface area contributed by atoms with Crippen molar-refractivity contribution in [3.8, 4) is 23.0 Å². The van der Waals surface area contributed by atoms with Gasteiger partial charge in [0, 0.05) is 41.3 Å². The molecule has 178 valence electrons. The second-order valence-corrected chi connectivity index (χ2v) is 7.95. The molecule has 0 fully saturated rings. The third-order valence-corrected chi connectivity index (χ3v) is 5.34. The average Bonchev–Trinajstić information content (AvgIpc) is 2.89. The normalized spacial score (nSPS) is 10.1. The first-order valence-electron chi connectivity index (χ1n) is 11.2. The minimum absolute atomic E-state index is 0.342. The van der Waals surface area contributed by atoms with Crippen molar-refractivity contribution < 1.29 is 14.0 Å². The highest BCUT2D eigenvalue weighted by atomic mass is 19.1. The van der Waals surface area contributed by atoms with Crippen LogP contribution < -0.4 is 16.4 Å². The van der Waals surface area contributed by atoms with Gasteiger partial charge in [0.05, 0.1) is 0 Å². The minimum Gasteiger partial charge on any atom is -0.366 e. The van der Waals surface area contributed by atoms with E-state index in [1.54, 1.807) is 54.9 Å². The second kappa shape index (κ2) is 11.4. The van der Waals surface area contributed by atoms with E-state index in [2.05, 4.69) is 27.5 Å². The molecule has 4 rings (SSSR count). The lowest BCUT2D eigenvalue weighted by molar-refractivity contribution is 0.100. The van der Waals surface area contributed by atoms with Crippen molar-refractivity contribution in [1.82, 2.24) is 10.3 Å². The van der Waals surface area contributed by atoms with Crippen molar-refractivity contribution in [3.05, 3.63) is 119 Å². The van der Waals surface area contributed by atoms with Crippen molar-refractivity contribution in [2.24, 2.45) is 5.73 Å². The highest BCUT2D eigenvalue weighted by Gasteiger charge is 2.10. The van der Waals surface area contributed by atoms with Crippen LogP contribution in [0.5, 0.6) is 0 Å². The fourth-order valence-corrected chi connectivity index (χ4v) is 3.53. The number of primary amides is 1. The Bertz CT molecular complexity index is 1440. The number of rotatable bonds is 6. The molecular weight excluding hydrogens is 455 g/mol. The molecule has 36 heavy (non-hydrogen) atoms. The number of hydrogen-bond acceptors (Lipinski definition) is 3. The number of benzene rings is 3. The van der Waals surface area contributed by atoms with Gasteiger partial charge in [-0.05, 0) is 77.7 Å². The molecule has 3 amide bonds. The number of amides is 3. The number of anilines is 1. The summed E-state index contributed by atoms with van der Waals surface area (Å²) in [7, 11) is 0. The quantitative estimate of drug-likeness (QED) is 0.349. The van der Waals surface area contributed by atoms with Gasteiger partial charge in [-0.3, -0.25) is 9.78 Å². The Morgan fingerprint density at radius 1 is 0.944 bits per heavy atom. The first-order valence-corrected chi connectivity index (χ1v) is 11.2. The van der Waals surface area contributed by atoms with E-state index >= 15 is 0 Å². The number of nitrogens with zero attached hydrogens (tertiary/aromatic N) is 1. The molecule has 0 bridgehead atoms. The van der Waals surface area contributed by atoms with Crippen LogP contribution in [0.2, 0.25) is 0 Å². The predicted octanol–water partition coefficient (Wildman–Crippen LogP) is 4.75. The lowest BCUT2D eigenvalue weighted by Gasteiger charge is -2.11. The lowest BCUT2D eigenvalue weighted by atomic mass is 9.97. The Labute approximate surface area is 208 Å². The summed E-state index contributed by atoms with van der Waals surface area (Å²) in [6, 6.07) is 21.6. The highest BCUT2D eigenvalue weighted by molar-refractivity contribution is 5.95. The Morgan fingerprint density at radius 3 is 2.53 bits per heavy atom. The number of carbonyl (C=O) groups excluding carboxylic acids is 2. The molecule has 0 aliphatic heterocycles. The molecule has 3 aromatic carbocycles. The number of aromatic nitrogens is 1. The molecule has 0 aliphatic carbocycles. The first kappa shape index (κ1) is 24.2. The number of nitrogens with two attached hydrogens (primary N) is 1. The van der Waals surface area contributed by atoms with E-state index < -0.39 is 5.91 Å². The summed E-state index contributed by atoms with van der Waals surface area (Å²) >= 11 is 0. The molecule has 4 aromatic rings. The van der Waals surface area contributed by atoms with Crippen molar-refractivity contribution in [1.29, 1.82) is 0 Å². The maximum absolute atomic E-state index is 13.3. The summed E-state index contributed by atoms with van der Waals surface area (Å²) in [6.45, 7) is 0.451. The number of hydrogen-bond donors (Lipinski definition) is 3. The van der Waals surface area contributed by atoms with Crippen LogP contribution in [-0.4, -0.2) is 23.5 Å². The van der Waals surface area contributed by atoms with Gasteiger partial charge in [0.25, 0.3) is 0 Å².